The van der Waals surface area contributed by atoms with E-state index in [1.807, 2.05) is 20.8 Å². The average molecular weight is 299 g/mol. The first-order chi connectivity index (χ1) is 9.39. The highest BCUT2D eigenvalue weighted by molar-refractivity contribution is 6.33. The molecule has 1 amide bonds. The summed E-state index contributed by atoms with van der Waals surface area (Å²) in [7, 11) is 0. The summed E-state index contributed by atoms with van der Waals surface area (Å²) in [4.78, 5) is 22.4. The summed E-state index contributed by atoms with van der Waals surface area (Å²) >= 11 is 5.82. The third-order valence-electron chi connectivity index (χ3n) is 3.82. The summed E-state index contributed by atoms with van der Waals surface area (Å²) in [5.41, 5.74) is -0.109. The van der Waals surface area contributed by atoms with Crippen molar-refractivity contribution in [3.8, 4) is 0 Å². The third-order valence-corrected chi connectivity index (χ3v) is 4.12. The second-order valence-corrected chi connectivity index (χ2v) is 5.13. The Balaban J connectivity index is 2.99. The zero-order valence-corrected chi connectivity index (χ0v) is 12.7. The Kier molecular flexibility index (Phi) is 5.51. The van der Waals surface area contributed by atoms with Crippen molar-refractivity contribution < 1.29 is 9.72 Å². The molecule has 0 aliphatic rings. The number of hydrogen-bond acceptors (Lipinski definition) is 3. The van der Waals surface area contributed by atoms with Gasteiger partial charge >= 0.3 is 0 Å². The normalized spacial score (nSPS) is 11.2. The Morgan fingerprint density at radius 2 is 1.85 bits per heavy atom. The van der Waals surface area contributed by atoms with Crippen LogP contribution in [0.2, 0.25) is 5.02 Å². The van der Waals surface area contributed by atoms with Gasteiger partial charge in [0.1, 0.15) is 5.02 Å². The van der Waals surface area contributed by atoms with Crippen molar-refractivity contribution in [1.29, 1.82) is 0 Å². The van der Waals surface area contributed by atoms with Crippen LogP contribution in [0.15, 0.2) is 18.2 Å². The molecule has 0 radical (unpaired) electrons. The van der Waals surface area contributed by atoms with Crippen molar-refractivity contribution in [2.75, 3.05) is 0 Å². The lowest BCUT2D eigenvalue weighted by atomic mass is 9.89. The van der Waals surface area contributed by atoms with Crippen molar-refractivity contribution in [2.24, 2.45) is 0 Å². The lowest BCUT2D eigenvalue weighted by Crippen LogP contribution is -2.47. The topological polar surface area (TPSA) is 72.2 Å². The van der Waals surface area contributed by atoms with E-state index >= 15 is 0 Å². The van der Waals surface area contributed by atoms with Gasteiger partial charge in [0, 0.05) is 17.2 Å². The molecule has 0 bridgehead atoms. The van der Waals surface area contributed by atoms with Crippen molar-refractivity contribution in [2.45, 2.75) is 45.6 Å². The second kappa shape index (κ2) is 6.70. The summed E-state index contributed by atoms with van der Waals surface area (Å²) in [5, 5.41) is 13.7. The van der Waals surface area contributed by atoms with Crippen LogP contribution < -0.4 is 5.32 Å². The molecule has 1 rings (SSSR count). The van der Waals surface area contributed by atoms with E-state index in [1.54, 1.807) is 0 Å². The fraction of sp³-hybridized carbons (Fsp3) is 0.500. The maximum atomic E-state index is 12.2. The van der Waals surface area contributed by atoms with Crippen LogP contribution in [0.25, 0.3) is 0 Å². The van der Waals surface area contributed by atoms with E-state index in [0.717, 1.165) is 19.3 Å². The first-order valence-corrected chi connectivity index (χ1v) is 7.03. The van der Waals surface area contributed by atoms with Gasteiger partial charge in [0.05, 0.1) is 4.92 Å². The average Bonchev–Trinajstić information content (AvgIpc) is 2.44. The minimum Gasteiger partial charge on any atom is -0.347 e. The standard InChI is InChI=1S/C14H19ClN2O3/c1-4-14(5-2,6-3)16-13(18)10-7-8-12(17(19)20)11(15)9-10/h7-9H,4-6H2,1-3H3,(H,16,18). The number of nitro groups is 1. The number of hydrogen-bond donors (Lipinski definition) is 1. The zero-order chi connectivity index (χ0) is 15.3. The van der Waals surface area contributed by atoms with Crippen LogP contribution >= 0.6 is 11.6 Å². The van der Waals surface area contributed by atoms with Gasteiger partial charge in [-0.15, -0.1) is 0 Å². The van der Waals surface area contributed by atoms with Crippen molar-refractivity contribution in [3.05, 3.63) is 38.9 Å². The first-order valence-electron chi connectivity index (χ1n) is 6.65. The fourth-order valence-corrected chi connectivity index (χ4v) is 2.37. The molecule has 0 heterocycles. The maximum Gasteiger partial charge on any atom is 0.287 e. The van der Waals surface area contributed by atoms with Gasteiger partial charge in [0.2, 0.25) is 0 Å². The van der Waals surface area contributed by atoms with Crippen molar-refractivity contribution in [1.82, 2.24) is 5.32 Å². The molecule has 5 nitrogen and oxygen atoms in total. The predicted molar refractivity (Wildman–Crippen MR) is 79.2 cm³/mol. The van der Waals surface area contributed by atoms with Gasteiger partial charge in [-0.2, -0.15) is 0 Å². The molecule has 20 heavy (non-hydrogen) atoms. The molecule has 0 atom stereocenters. The minimum atomic E-state index is -0.571. The number of rotatable bonds is 6. The van der Waals surface area contributed by atoms with Gasteiger partial charge in [0.15, 0.2) is 0 Å². The Hall–Kier alpha value is -1.62. The van der Waals surface area contributed by atoms with Gasteiger partial charge in [-0.05, 0) is 31.4 Å². The maximum absolute atomic E-state index is 12.2. The highest BCUT2D eigenvalue weighted by Gasteiger charge is 2.26. The molecule has 0 fully saturated rings. The molecule has 0 saturated heterocycles. The van der Waals surface area contributed by atoms with Crippen LogP contribution in [0, 0.1) is 10.1 Å². The molecule has 0 unspecified atom stereocenters. The van der Waals surface area contributed by atoms with Crippen molar-refractivity contribution >= 4 is 23.2 Å². The minimum absolute atomic E-state index is 0.0299. The van der Waals surface area contributed by atoms with E-state index in [1.165, 1.54) is 18.2 Å². The summed E-state index contributed by atoms with van der Waals surface area (Å²) in [6.45, 7) is 6.07. The number of benzene rings is 1. The quantitative estimate of drug-likeness (QED) is 0.638. The highest BCUT2D eigenvalue weighted by atomic mass is 35.5. The molecule has 110 valence electrons. The third kappa shape index (κ3) is 3.48. The second-order valence-electron chi connectivity index (χ2n) is 4.72. The summed E-state index contributed by atoms with van der Waals surface area (Å²) < 4.78 is 0. The molecule has 1 aromatic carbocycles. The van der Waals surface area contributed by atoms with Crippen molar-refractivity contribution in [3.63, 3.8) is 0 Å². The summed E-state index contributed by atoms with van der Waals surface area (Å²) in [6, 6.07) is 4.01. The molecule has 0 aromatic heterocycles. The molecule has 0 aliphatic carbocycles. The zero-order valence-electron chi connectivity index (χ0n) is 11.9. The molecule has 1 aromatic rings. The van der Waals surface area contributed by atoms with Crippen LogP contribution in [-0.4, -0.2) is 16.4 Å². The van der Waals surface area contributed by atoms with E-state index in [9.17, 15) is 14.9 Å². The predicted octanol–water partition coefficient (Wildman–Crippen LogP) is 3.95. The Morgan fingerprint density at radius 3 is 2.25 bits per heavy atom. The highest BCUT2D eigenvalue weighted by Crippen LogP contribution is 2.26. The SMILES string of the molecule is CCC(CC)(CC)NC(=O)c1ccc([N+](=O)[O-])c(Cl)c1. The smallest absolute Gasteiger partial charge is 0.287 e. The van der Waals surface area contributed by atoms with E-state index in [-0.39, 0.29) is 22.2 Å². The Labute approximate surface area is 123 Å². The first kappa shape index (κ1) is 16.4. The van der Waals surface area contributed by atoms with Crippen LogP contribution in [0.1, 0.15) is 50.4 Å². The molecule has 1 N–H and O–H groups in total. The molecule has 6 heteroatoms. The summed E-state index contributed by atoms with van der Waals surface area (Å²) in [6.07, 6.45) is 2.48. The number of halogens is 1. The van der Waals surface area contributed by atoms with Crippen LogP contribution in [0.5, 0.6) is 0 Å². The molecule has 0 spiro atoms. The van der Waals surface area contributed by atoms with E-state index < -0.39 is 4.92 Å². The Bertz CT molecular complexity index is 505. The number of carbonyl (C=O) groups excluding carboxylic acids is 1. The van der Waals surface area contributed by atoms with E-state index in [2.05, 4.69) is 5.32 Å². The largest absolute Gasteiger partial charge is 0.347 e. The van der Waals surface area contributed by atoms with Crippen LogP contribution in [-0.2, 0) is 0 Å². The molecule has 0 saturated carbocycles. The van der Waals surface area contributed by atoms with E-state index in [4.69, 9.17) is 11.6 Å². The van der Waals surface area contributed by atoms with Gasteiger partial charge in [-0.25, -0.2) is 0 Å². The lowest BCUT2D eigenvalue weighted by molar-refractivity contribution is -0.384. The van der Waals surface area contributed by atoms with Crippen LogP contribution in [0.4, 0.5) is 5.69 Å². The molecular formula is C14H19ClN2O3. The number of amides is 1. The number of nitrogens with one attached hydrogen (secondary N) is 1. The van der Waals surface area contributed by atoms with Gasteiger partial charge < -0.3 is 5.32 Å². The lowest BCUT2D eigenvalue weighted by Gasteiger charge is -2.31. The van der Waals surface area contributed by atoms with Crippen LogP contribution in [0.3, 0.4) is 0 Å². The molecular weight excluding hydrogens is 280 g/mol. The fourth-order valence-electron chi connectivity index (χ4n) is 2.12. The monoisotopic (exact) mass is 298 g/mol. The Morgan fingerprint density at radius 1 is 1.30 bits per heavy atom. The summed E-state index contributed by atoms with van der Waals surface area (Å²) in [5.74, 6) is -0.257. The number of nitrogens with zero attached hydrogens (tertiary/aromatic N) is 1. The number of nitro benzene ring substituents is 1. The number of carbonyl (C=O) groups is 1. The molecule has 0 aliphatic heterocycles. The van der Waals surface area contributed by atoms with Gasteiger partial charge in [0.25, 0.3) is 11.6 Å². The van der Waals surface area contributed by atoms with E-state index in [0.29, 0.717) is 5.56 Å². The van der Waals surface area contributed by atoms with Gasteiger partial charge in [-0.3, -0.25) is 14.9 Å². The van der Waals surface area contributed by atoms with Gasteiger partial charge in [-0.1, -0.05) is 32.4 Å².